The van der Waals surface area contributed by atoms with Gasteiger partial charge in [-0.1, -0.05) is 6.07 Å². The molecule has 0 unspecified atom stereocenters. The molecule has 3 heteroatoms. The van der Waals surface area contributed by atoms with Gasteiger partial charge < -0.3 is 0 Å². The first-order chi connectivity index (χ1) is 15.8. The van der Waals surface area contributed by atoms with Gasteiger partial charge in [0.15, 0.2) is 0 Å². The molecule has 0 radical (unpaired) electrons. The van der Waals surface area contributed by atoms with Crippen molar-refractivity contribution in [2.75, 3.05) is 0 Å². The van der Waals surface area contributed by atoms with E-state index in [9.17, 15) is 0 Å². The number of benzene rings is 4. The molecule has 4 aromatic carbocycles. The fraction of sp³-hybridized carbons (Fsp3) is 0.0690. The van der Waals surface area contributed by atoms with Crippen LogP contribution in [0.3, 0.4) is 0 Å². The van der Waals surface area contributed by atoms with E-state index in [2.05, 4.69) is 125 Å². The Hall–Kier alpha value is -3.39. The topological polar surface area (TPSA) is 8.81 Å². The van der Waals surface area contributed by atoms with Crippen LogP contribution in [0.1, 0.15) is 15.7 Å². The molecule has 0 saturated heterocycles. The molecular weight excluding hydrogens is 455 g/mol. The van der Waals surface area contributed by atoms with Crippen LogP contribution in [0.25, 0.3) is 43.7 Å². The van der Waals surface area contributed by atoms with Crippen LogP contribution >= 0.6 is 0 Å². The predicted molar refractivity (Wildman–Crippen MR) is 136 cm³/mol. The Morgan fingerprint density at radius 2 is 1.50 bits per heavy atom. The van der Waals surface area contributed by atoms with E-state index in [1.807, 2.05) is 0 Å². The number of aryl methyl sites for hydroxylation is 1. The van der Waals surface area contributed by atoms with Crippen molar-refractivity contribution in [3.05, 3.63) is 113 Å². The standard InChI is InChI=1S/C29H23N2Se/c1-30-27-13-7-8-14-28(27)32-29(30)18-16-21-15-17-26-24(19-21)23-11-5-6-12-25(23)31(26)20-22-9-3-2-4-10-22/h2-19H,20H2,1H3/q+1. The second-order valence-electron chi connectivity index (χ2n) is 8.17. The average Bonchev–Trinajstić information content (AvgIpc) is 3.33. The summed E-state index contributed by atoms with van der Waals surface area (Å²) in [6.45, 7) is 0.879. The average molecular weight is 478 g/mol. The Morgan fingerprint density at radius 3 is 2.38 bits per heavy atom. The molecular formula is C29H23N2Se+. The molecule has 0 fully saturated rings. The Morgan fingerprint density at radius 1 is 0.750 bits per heavy atom. The zero-order valence-corrected chi connectivity index (χ0v) is 19.6. The third-order valence-electron chi connectivity index (χ3n) is 6.17. The summed E-state index contributed by atoms with van der Waals surface area (Å²) >= 11 is 0.359. The van der Waals surface area contributed by atoms with Gasteiger partial charge in [0.2, 0.25) is 0 Å². The van der Waals surface area contributed by atoms with E-state index >= 15 is 0 Å². The Bertz CT molecular complexity index is 1600. The van der Waals surface area contributed by atoms with Gasteiger partial charge in [0.25, 0.3) is 0 Å². The van der Waals surface area contributed by atoms with Crippen molar-refractivity contribution in [1.82, 2.24) is 4.57 Å². The van der Waals surface area contributed by atoms with Crippen LogP contribution in [0.4, 0.5) is 0 Å². The molecule has 6 rings (SSSR count). The van der Waals surface area contributed by atoms with Crippen LogP contribution in [0.15, 0.2) is 97.1 Å². The van der Waals surface area contributed by atoms with E-state index in [0.29, 0.717) is 14.5 Å². The van der Waals surface area contributed by atoms with Gasteiger partial charge in [0.1, 0.15) is 0 Å². The van der Waals surface area contributed by atoms with Gasteiger partial charge in [0, 0.05) is 0 Å². The summed E-state index contributed by atoms with van der Waals surface area (Å²) in [7, 11) is 2.17. The van der Waals surface area contributed by atoms with Crippen LogP contribution in [-0.2, 0) is 13.6 Å². The van der Waals surface area contributed by atoms with Crippen LogP contribution in [0, 0.1) is 0 Å². The molecule has 2 nitrogen and oxygen atoms in total. The van der Waals surface area contributed by atoms with Crippen molar-refractivity contribution in [2.45, 2.75) is 6.54 Å². The summed E-state index contributed by atoms with van der Waals surface area (Å²) in [5.74, 6) is 0. The number of hydrogen-bond donors (Lipinski definition) is 0. The molecule has 32 heavy (non-hydrogen) atoms. The van der Waals surface area contributed by atoms with E-state index in [4.69, 9.17) is 0 Å². The summed E-state index contributed by atoms with van der Waals surface area (Å²) in [6, 6.07) is 35.0. The number of hydrogen-bond acceptors (Lipinski definition) is 0. The maximum atomic E-state index is 2.44. The number of rotatable bonds is 4. The number of para-hydroxylation sites is 2. The summed E-state index contributed by atoms with van der Waals surface area (Å²) in [5, 5.41) is 2.63. The van der Waals surface area contributed by atoms with Crippen molar-refractivity contribution in [3.8, 4) is 0 Å². The van der Waals surface area contributed by atoms with Crippen molar-refractivity contribution in [1.29, 1.82) is 0 Å². The fourth-order valence-electron chi connectivity index (χ4n) is 4.55. The number of nitrogens with zero attached hydrogens (tertiary/aromatic N) is 2. The second-order valence-corrected chi connectivity index (χ2v) is 10.4. The van der Waals surface area contributed by atoms with Crippen molar-refractivity contribution in [2.24, 2.45) is 7.05 Å². The Balaban J connectivity index is 1.44. The number of aromatic nitrogens is 2. The van der Waals surface area contributed by atoms with Crippen LogP contribution < -0.4 is 4.57 Å². The third-order valence-corrected chi connectivity index (χ3v) is 8.65. The zero-order valence-electron chi connectivity index (χ0n) is 17.9. The van der Waals surface area contributed by atoms with Crippen LogP contribution in [-0.4, -0.2) is 19.1 Å². The van der Waals surface area contributed by atoms with Crippen LogP contribution in [0.2, 0.25) is 0 Å². The summed E-state index contributed by atoms with van der Waals surface area (Å²) in [5.41, 5.74) is 6.48. The van der Waals surface area contributed by atoms with E-state index < -0.39 is 0 Å². The van der Waals surface area contributed by atoms with Gasteiger partial charge in [-0.2, -0.15) is 0 Å². The summed E-state index contributed by atoms with van der Waals surface area (Å²) in [4.78, 5) is 0. The Kier molecular flexibility index (Phi) is 4.79. The van der Waals surface area contributed by atoms with E-state index in [-0.39, 0.29) is 0 Å². The first-order valence-electron chi connectivity index (χ1n) is 10.9. The summed E-state index contributed by atoms with van der Waals surface area (Å²) < 4.78 is 7.62. The quantitative estimate of drug-likeness (QED) is 0.216. The molecule has 2 heterocycles. The first kappa shape index (κ1) is 19.3. The molecule has 0 spiro atoms. The molecule has 154 valence electrons. The first-order valence-corrected chi connectivity index (χ1v) is 12.6. The van der Waals surface area contributed by atoms with Crippen molar-refractivity contribution < 1.29 is 4.57 Å². The minimum atomic E-state index is 0.359. The van der Waals surface area contributed by atoms with E-state index in [1.165, 1.54) is 47.3 Å². The molecule has 0 atom stereocenters. The maximum absolute atomic E-state index is 2.44. The summed E-state index contributed by atoms with van der Waals surface area (Å²) in [6.07, 6.45) is 4.56. The molecule has 0 amide bonds. The molecule has 0 aliphatic rings. The van der Waals surface area contributed by atoms with Gasteiger partial charge in [-0.05, 0) is 0 Å². The third kappa shape index (κ3) is 3.31. The minimum absolute atomic E-state index is 0.359. The fourth-order valence-corrected chi connectivity index (χ4v) is 6.75. The zero-order chi connectivity index (χ0) is 21.5. The van der Waals surface area contributed by atoms with Gasteiger partial charge >= 0.3 is 188 Å². The van der Waals surface area contributed by atoms with Gasteiger partial charge in [0.05, 0.1) is 0 Å². The van der Waals surface area contributed by atoms with E-state index in [0.717, 1.165) is 6.54 Å². The molecule has 0 N–H and O–H groups in total. The molecule has 0 saturated carbocycles. The SMILES string of the molecule is C[n+]1c(/C=C/c2ccc3c(c2)c2ccccc2n3Cc2ccccc2)[se]c2ccccc21. The van der Waals surface area contributed by atoms with Gasteiger partial charge in [-0.15, -0.1) is 0 Å². The van der Waals surface area contributed by atoms with Crippen molar-refractivity contribution >= 4 is 58.2 Å². The molecule has 0 aliphatic carbocycles. The second kappa shape index (κ2) is 7.94. The van der Waals surface area contributed by atoms with Crippen LogP contribution in [0.5, 0.6) is 0 Å². The number of fused-ring (bicyclic) bond motifs is 4. The van der Waals surface area contributed by atoms with Gasteiger partial charge in [-0.3, -0.25) is 0 Å². The molecule has 0 aliphatic heterocycles. The molecule has 6 aromatic rings. The van der Waals surface area contributed by atoms with Crippen molar-refractivity contribution in [3.63, 3.8) is 0 Å². The monoisotopic (exact) mass is 479 g/mol. The normalized spacial score (nSPS) is 11.9. The Labute approximate surface area is 193 Å². The van der Waals surface area contributed by atoms with E-state index in [1.54, 1.807) is 0 Å². The molecule has 0 bridgehead atoms. The molecule has 2 aromatic heterocycles. The predicted octanol–water partition coefficient (Wildman–Crippen LogP) is 6.05. The van der Waals surface area contributed by atoms with Gasteiger partial charge in [-0.25, -0.2) is 0 Å².